The Labute approximate surface area is 198 Å². The second kappa shape index (κ2) is 14.3. The Balaban J connectivity index is 0.000000672. The van der Waals surface area contributed by atoms with Crippen molar-refractivity contribution in [3.8, 4) is 0 Å². The summed E-state index contributed by atoms with van der Waals surface area (Å²) in [5.74, 6) is -0.647. The van der Waals surface area contributed by atoms with Crippen LogP contribution in [0, 0.1) is 0 Å². The number of nitrogens with one attached hydrogen (secondary N) is 1. The Morgan fingerprint density at radius 3 is 2.00 bits per heavy atom. The van der Waals surface area contributed by atoms with Crippen molar-refractivity contribution in [3.63, 3.8) is 0 Å². The summed E-state index contributed by atoms with van der Waals surface area (Å²) in [7, 11) is -9.73. The molecule has 19 nitrogen and oxygen atoms in total. The van der Waals surface area contributed by atoms with Gasteiger partial charge in [0.05, 0.1) is 13.2 Å². The molecule has 1 fully saturated rings. The summed E-state index contributed by atoms with van der Waals surface area (Å²) in [4.78, 5) is 21.0. The molecule has 0 saturated carbocycles. The first-order valence-corrected chi connectivity index (χ1v) is 11.9. The molecule has 21 heteroatoms. The lowest BCUT2D eigenvalue weighted by atomic mass is 9.97. The number of amides is 1. The Morgan fingerprint density at radius 1 is 1.06 bits per heavy atom. The van der Waals surface area contributed by atoms with Crippen LogP contribution in [0.2, 0.25) is 0 Å². The summed E-state index contributed by atoms with van der Waals surface area (Å²) in [6.45, 7) is -0.680. The molecule has 1 unspecified atom stereocenters. The van der Waals surface area contributed by atoms with E-state index in [0.29, 0.717) is 0 Å². The number of hydrogen-bond acceptors (Lipinski definition) is 16. The zero-order valence-corrected chi connectivity index (χ0v) is 19.3. The predicted octanol–water partition coefficient (Wildman–Crippen LogP) is -6.80. The molecule has 1 aliphatic rings. The monoisotopic (exact) mass is 561 g/mol. The minimum absolute atomic E-state index is 0.0791. The Bertz CT molecular complexity index is 880. The average molecular weight is 561 g/mol. The highest BCUT2D eigenvalue weighted by Gasteiger charge is 2.47. The van der Waals surface area contributed by atoms with Gasteiger partial charge in [0, 0.05) is 6.92 Å². The molecule has 1 rings (SSSR count). The molecule has 35 heavy (non-hydrogen) atoms. The second-order valence-electron chi connectivity index (χ2n) is 6.84. The number of ether oxygens (including phenoxy) is 1. The first-order chi connectivity index (χ1) is 15.8. The van der Waals surface area contributed by atoms with Crippen LogP contribution in [0.25, 0.3) is 0 Å². The first-order valence-electron chi connectivity index (χ1n) is 9.19. The fourth-order valence-corrected chi connectivity index (χ4v) is 3.32. The van der Waals surface area contributed by atoms with E-state index >= 15 is 0 Å². The predicted molar refractivity (Wildman–Crippen MR) is 106 cm³/mol. The van der Waals surface area contributed by atoms with E-state index in [0.717, 1.165) is 6.92 Å². The Morgan fingerprint density at radius 2 is 1.60 bits per heavy atom. The quantitative estimate of drug-likeness (QED) is 0.0827. The molecular formula is C14H27NO18S2. The van der Waals surface area contributed by atoms with E-state index in [9.17, 15) is 36.6 Å². The smallest absolute Gasteiger partial charge is 0.394 e. The maximum absolute atomic E-state index is 11.0. The molecule has 0 aromatic heterocycles. The van der Waals surface area contributed by atoms with Crippen LogP contribution in [0.1, 0.15) is 6.92 Å². The lowest BCUT2D eigenvalue weighted by molar-refractivity contribution is -0.249. The van der Waals surface area contributed by atoms with Crippen LogP contribution < -0.4 is 5.32 Å². The number of aliphatic hydroxyl groups excluding tert-OH is 7. The Hall–Kier alpha value is -1.44. The number of hydrogen-bond donors (Lipinski definition) is 10. The molecule has 9 atom stereocenters. The van der Waals surface area contributed by atoms with Crippen molar-refractivity contribution in [3.05, 3.63) is 0 Å². The summed E-state index contributed by atoms with van der Waals surface area (Å²) in [5.41, 5.74) is 0. The van der Waals surface area contributed by atoms with Gasteiger partial charge in [-0.1, -0.05) is 0 Å². The van der Waals surface area contributed by atoms with Crippen LogP contribution in [0.3, 0.4) is 0 Å². The largest absolute Gasteiger partial charge is 0.397 e. The minimum Gasteiger partial charge on any atom is -0.394 e. The molecule has 0 spiro atoms. The number of aliphatic hydroxyl groups is 7. The zero-order chi connectivity index (χ0) is 27.7. The molecule has 1 aliphatic heterocycles. The van der Waals surface area contributed by atoms with E-state index in [-0.39, 0.29) is 6.29 Å². The molecule has 1 amide bonds. The van der Waals surface area contributed by atoms with Crippen molar-refractivity contribution in [2.24, 2.45) is 0 Å². The molecule has 1 saturated heterocycles. The van der Waals surface area contributed by atoms with Gasteiger partial charge in [0.2, 0.25) is 5.91 Å². The van der Waals surface area contributed by atoms with Crippen molar-refractivity contribution < 1.29 is 84.4 Å². The highest BCUT2D eigenvalue weighted by Crippen LogP contribution is 2.23. The Kier molecular flexibility index (Phi) is 13.7. The number of carbonyl (C=O) groups excluding carboxylic acids is 2. The SMILES string of the molecule is CC(=O)N[C@@H]1C(O)O[C@H](CO)[C@@H](O)[C@@H]1OS(=O)(=O)O.O=C[C@H](O)[C@@H](O)[C@H](O)[C@H](O)COS(=O)(=O)O. The molecule has 0 aliphatic carbocycles. The van der Waals surface area contributed by atoms with Crippen molar-refractivity contribution in [1.82, 2.24) is 5.32 Å². The van der Waals surface area contributed by atoms with E-state index in [1.165, 1.54) is 0 Å². The standard InChI is InChI=1S/C8H15NO9S.C6H12O9S/c1-3(11)9-5-7(18-19(14,15)16)6(12)4(2-10)17-8(5)13;7-1-3(8)5(10)6(11)4(9)2-15-16(12,13)14/h4-8,10,12-13H,2H2,1H3,(H,9,11)(H,14,15,16);1,3-6,8-11H,2H2,(H,12,13,14)/t4-,5+,6-,7-,8?;3-,4+,5+,6+/m10/s1. The molecule has 1 heterocycles. The van der Waals surface area contributed by atoms with Gasteiger partial charge in [0.25, 0.3) is 0 Å². The fourth-order valence-electron chi connectivity index (χ4n) is 2.49. The highest BCUT2D eigenvalue weighted by molar-refractivity contribution is 7.81. The van der Waals surface area contributed by atoms with Crippen LogP contribution in [0.15, 0.2) is 0 Å². The van der Waals surface area contributed by atoms with Crippen LogP contribution in [-0.4, -0.2) is 142 Å². The van der Waals surface area contributed by atoms with Gasteiger partial charge in [-0.05, 0) is 0 Å². The molecular weight excluding hydrogens is 534 g/mol. The lowest BCUT2D eigenvalue weighted by Crippen LogP contribution is -2.65. The fraction of sp³-hybridized carbons (Fsp3) is 0.857. The van der Waals surface area contributed by atoms with Crippen molar-refractivity contribution in [1.29, 1.82) is 0 Å². The number of rotatable bonds is 11. The van der Waals surface area contributed by atoms with Gasteiger partial charge in [-0.15, -0.1) is 0 Å². The summed E-state index contributed by atoms with van der Waals surface area (Å²) >= 11 is 0. The lowest BCUT2D eigenvalue weighted by Gasteiger charge is -2.41. The van der Waals surface area contributed by atoms with Crippen LogP contribution in [-0.2, 0) is 43.5 Å². The van der Waals surface area contributed by atoms with E-state index in [1.807, 2.05) is 0 Å². The van der Waals surface area contributed by atoms with Gasteiger partial charge >= 0.3 is 20.8 Å². The summed E-state index contributed by atoms with van der Waals surface area (Å²) in [5, 5.41) is 66.3. The average Bonchev–Trinajstić information content (AvgIpc) is 2.74. The van der Waals surface area contributed by atoms with E-state index in [2.05, 4.69) is 13.7 Å². The normalized spacial score (nSPS) is 28.6. The third kappa shape index (κ3) is 12.4. The summed E-state index contributed by atoms with van der Waals surface area (Å²) in [6, 6.07) is -1.43. The molecule has 0 aromatic rings. The van der Waals surface area contributed by atoms with E-state index in [4.69, 9.17) is 39.4 Å². The van der Waals surface area contributed by atoms with E-state index < -0.39 is 95.0 Å². The van der Waals surface area contributed by atoms with Gasteiger partial charge in [0.1, 0.15) is 48.8 Å². The first kappa shape index (κ1) is 33.6. The van der Waals surface area contributed by atoms with E-state index in [1.54, 1.807) is 0 Å². The van der Waals surface area contributed by atoms with Crippen molar-refractivity contribution in [2.75, 3.05) is 13.2 Å². The van der Waals surface area contributed by atoms with Gasteiger partial charge in [0.15, 0.2) is 12.6 Å². The highest BCUT2D eigenvalue weighted by atomic mass is 32.3. The van der Waals surface area contributed by atoms with Crippen LogP contribution in [0.4, 0.5) is 0 Å². The third-order valence-corrected chi connectivity index (χ3v) is 5.00. The molecule has 0 aromatic carbocycles. The minimum atomic E-state index is -4.94. The van der Waals surface area contributed by atoms with Gasteiger partial charge in [-0.25, -0.2) is 8.37 Å². The molecule has 208 valence electrons. The van der Waals surface area contributed by atoms with Gasteiger partial charge < -0.3 is 50.6 Å². The topological polar surface area (TPSA) is 324 Å². The molecule has 10 N–H and O–H groups in total. The summed E-state index contributed by atoms with van der Waals surface area (Å²) < 4.78 is 71.1. The van der Waals surface area contributed by atoms with Crippen LogP contribution in [0.5, 0.6) is 0 Å². The zero-order valence-electron chi connectivity index (χ0n) is 17.7. The summed E-state index contributed by atoms with van der Waals surface area (Å²) in [6.07, 6.45) is -14.4. The van der Waals surface area contributed by atoms with Gasteiger partial charge in [-0.2, -0.15) is 16.8 Å². The molecule has 0 bridgehead atoms. The number of aldehydes is 1. The van der Waals surface area contributed by atoms with Crippen molar-refractivity contribution >= 4 is 33.0 Å². The van der Waals surface area contributed by atoms with Crippen molar-refractivity contribution in [2.45, 2.75) is 62.0 Å². The number of carbonyl (C=O) groups is 2. The van der Waals surface area contributed by atoms with Crippen LogP contribution >= 0.6 is 0 Å². The molecule has 0 radical (unpaired) electrons. The third-order valence-electron chi connectivity index (χ3n) is 4.10. The van der Waals surface area contributed by atoms with Gasteiger partial charge in [-0.3, -0.25) is 13.9 Å². The maximum atomic E-state index is 11.0. The second-order valence-corrected chi connectivity index (χ2v) is 8.98. The maximum Gasteiger partial charge on any atom is 0.397 e.